The van der Waals surface area contributed by atoms with E-state index in [1.165, 1.54) is 0 Å². The van der Waals surface area contributed by atoms with E-state index in [0.29, 0.717) is 43.9 Å². The molecule has 0 saturated carbocycles. The molecule has 0 aromatic carbocycles. The average Bonchev–Trinajstić information content (AvgIpc) is 2.37. The number of methoxy groups -OCH3 is 1. The molecule has 0 aliphatic heterocycles. The van der Waals surface area contributed by atoms with Gasteiger partial charge in [0.1, 0.15) is 6.61 Å². The summed E-state index contributed by atoms with van der Waals surface area (Å²) < 4.78 is 15.6. The quantitative estimate of drug-likeness (QED) is 0.692. The number of hydrogen-bond acceptors (Lipinski definition) is 5. The van der Waals surface area contributed by atoms with Gasteiger partial charge in [-0.2, -0.15) is 0 Å². The molecule has 0 radical (unpaired) electrons. The van der Waals surface area contributed by atoms with E-state index >= 15 is 0 Å². The number of nitrogens with zero attached hydrogens (tertiary/aromatic N) is 1. The van der Waals surface area contributed by atoms with Crippen LogP contribution in [0.25, 0.3) is 0 Å². The molecule has 0 spiro atoms. The van der Waals surface area contributed by atoms with E-state index in [0.717, 1.165) is 5.56 Å². The summed E-state index contributed by atoms with van der Waals surface area (Å²) in [7, 11) is 3.50. The van der Waals surface area contributed by atoms with E-state index in [-0.39, 0.29) is 0 Å². The lowest BCUT2D eigenvalue weighted by Gasteiger charge is -2.08. The van der Waals surface area contributed by atoms with Crippen LogP contribution in [0.1, 0.15) is 5.56 Å². The second-order valence-corrected chi connectivity index (χ2v) is 4.01. The Kier molecular flexibility index (Phi) is 7.68. The SMILES string of the molecule is CNCc1cc(OCCOCCOC)ncc1Cl. The molecule has 0 unspecified atom stereocenters. The summed E-state index contributed by atoms with van der Waals surface area (Å²) in [5.74, 6) is 0.556. The molecule has 1 N–H and O–H groups in total. The fourth-order valence-electron chi connectivity index (χ4n) is 1.31. The summed E-state index contributed by atoms with van der Waals surface area (Å²) in [5, 5.41) is 3.67. The van der Waals surface area contributed by atoms with Crippen LogP contribution >= 0.6 is 11.6 Å². The molecule has 1 aromatic rings. The Bertz CT molecular complexity index is 350. The number of hydrogen-bond donors (Lipinski definition) is 1. The van der Waals surface area contributed by atoms with Crippen molar-refractivity contribution < 1.29 is 14.2 Å². The normalized spacial score (nSPS) is 10.6. The Morgan fingerprint density at radius 3 is 2.78 bits per heavy atom. The van der Waals surface area contributed by atoms with Crippen molar-refractivity contribution in [3.8, 4) is 5.88 Å². The molecule has 6 heteroatoms. The van der Waals surface area contributed by atoms with Gasteiger partial charge in [-0.3, -0.25) is 0 Å². The maximum absolute atomic E-state index is 6.00. The molecule has 0 atom stereocenters. The zero-order valence-corrected chi connectivity index (χ0v) is 11.5. The van der Waals surface area contributed by atoms with Crippen molar-refractivity contribution in [3.63, 3.8) is 0 Å². The van der Waals surface area contributed by atoms with Gasteiger partial charge in [-0.25, -0.2) is 4.98 Å². The Hall–Kier alpha value is -0.880. The first-order chi connectivity index (χ1) is 8.77. The third kappa shape index (κ3) is 5.64. The molecule has 0 aliphatic rings. The van der Waals surface area contributed by atoms with Gasteiger partial charge in [0.05, 0.1) is 24.8 Å². The molecule has 1 rings (SSSR count). The molecule has 18 heavy (non-hydrogen) atoms. The summed E-state index contributed by atoms with van der Waals surface area (Å²) in [6.07, 6.45) is 1.59. The zero-order valence-electron chi connectivity index (χ0n) is 10.7. The fourth-order valence-corrected chi connectivity index (χ4v) is 1.48. The molecule has 0 saturated heterocycles. The van der Waals surface area contributed by atoms with Crippen molar-refractivity contribution in [2.45, 2.75) is 6.54 Å². The maximum Gasteiger partial charge on any atom is 0.213 e. The highest BCUT2D eigenvalue weighted by Gasteiger charge is 2.03. The Labute approximate surface area is 112 Å². The van der Waals surface area contributed by atoms with E-state index in [2.05, 4.69) is 10.3 Å². The standard InChI is InChI=1S/C12H19ClN2O3/c1-14-8-10-7-12(15-9-11(10)13)18-6-5-17-4-3-16-2/h7,9,14H,3-6,8H2,1-2H3. The van der Waals surface area contributed by atoms with Gasteiger partial charge in [0.2, 0.25) is 5.88 Å². The van der Waals surface area contributed by atoms with Gasteiger partial charge >= 0.3 is 0 Å². The smallest absolute Gasteiger partial charge is 0.213 e. The van der Waals surface area contributed by atoms with Crippen LogP contribution in [0, 0.1) is 0 Å². The largest absolute Gasteiger partial charge is 0.475 e. The molecule has 5 nitrogen and oxygen atoms in total. The highest BCUT2D eigenvalue weighted by atomic mass is 35.5. The van der Waals surface area contributed by atoms with Gasteiger partial charge < -0.3 is 19.5 Å². The molecular weight excluding hydrogens is 256 g/mol. The first-order valence-corrected chi connectivity index (χ1v) is 6.14. The van der Waals surface area contributed by atoms with Gasteiger partial charge in [0.15, 0.2) is 0 Å². The van der Waals surface area contributed by atoms with Crippen LogP contribution in [-0.4, -0.2) is 45.6 Å². The maximum atomic E-state index is 6.00. The minimum absolute atomic E-state index is 0.456. The predicted octanol–water partition coefficient (Wildman–Crippen LogP) is 1.50. The molecule has 0 bridgehead atoms. The zero-order chi connectivity index (χ0) is 13.2. The Balaban J connectivity index is 2.31. The van der Waals surface area contributed by atoms with Crippen LogP contribution in [0.4, 0.5) is 0 Å². The van der Waals surface area contributed by atoms with Crippen molar-refractivity contribution in [2.75, 3.05) is 40.6 Å². The second-order valence-electron chi connectivity index (χ2n) is 3.60. The van der Waals surface area contributed by atoms with Crippen LogP contribution in [0.15, 0.2) is 12.3 Å². The Morgan fingerprint density at radius 1 is 1.28 bits per heavy atom. The Morgan fingerprint density at radius 2 is 2.06 bits per heavy atom. The fraction of sp³-hybridized carbons (Fsp3) is 0.583. The minimum atomic E-state index is 0.456. The minimum Gasteiger partial charge on any atom is -0.475 e. The van der Waals surface area contributed by atoms with Gasteiger partial charge in [-0.1, -0.05) is 11.6 Å². The summed E-state index contributed by atoms with van der Waals surface area (Å²) in [6, 6.07) is 1.83. The van der Waals surface area contributed by atoms with Crippen LogP contribution in [0.5, 0.6) is 5.88 Å². The van der Waals surface area contributed by atoms with E-state index in [1.807, 2.05) is 13.1 Å². The van der Waals surface area contributed by atoms with E-state index in [9.17, 15) is 0 Å². The summed E-state index contributed by atoms with van der Waals surface area (Å²) >= 11 is 6.00. The summed E-state index contributed by atoms with van der Waals surface area (Å²) in [5.41, 5.74) is 0.962. The van der Waals surface area contributed by atoms with Gasteiger partial charge in [-0.05, 0) is 12.6 Å². The summed E-state index contributed by atoms with van der Waals surface area (Å²) in [6.45, 7) is 2.80. The van der Waals surface area contributed by atoms with E-state index < -0.39 is 0 Å². The van der Waals surface area contributed by atoms with Gasteiger partial charge in [0.25, 0.3) is 0 Å². The lowest BCUT2D eigenvalue weighted by molar-refractivity contribution is 0.0536. The topological polar surface area (TPSA) is 52.6 Å². The second kappa shape index (κ2) is 9.10. The number of aromatic nitrogens is 1. The molecule has 1 aromatic heterocycles. The summed E-state index contributed by atoms with van der Waals surface area (Å²) in [4.78, 5) is 4.09. The van der Waals surface area contributed by atoms with Crippen molar-refractivity contribution in [1.29, 1.82) is 0 Å². The molecule has 1 heterocycles. The molecule has 0 amide bonds. The highest BCUT2D eigenvalue weighted by molar-refractivity contribution is 6.31. The molecular formula is C12H19ClN2O3. The monoisotopic (exact) mass is 274 g/mol. The van der Waals surface area contributed by atoms with Crippen molar-refractivity contribution in [2.24, 2.45) is 0 Å². The lowest BCUT2D eigenvalue weighted by atomic mass is 10.2. The third-order valence-corrected chi connectivity index (χ3v) is 2.53. The molecule has 0 fully saturated rings. The average molecular weight is 275 g/mol. The van der Waals surface area contributed by atoms with E-state index in [1.54, 1.807) is 13.3 Å². The first-order valence-electron chi connectivity index (χ1n) is 5.76. The predicted molar refractivity (Wildman–Crippen MR) is 70.2 cm³/mol. The van der Waals surface area contributed by atoms with Crippen LogP contribution in [0.3, 0.4) is 0 Å². The number of pyridine rings is 1. The number of halogens is 1. The number of ether oxygens (including phenoxy) is 3. The molecule has 102 valence electrons. The lowest BCUT2D eigenvalue weighted by Crippen LogP contribution is -2.11. The van der Waals surface area contributed by atoms with Gasteiger partial charge in [-0.15, -0.1) is 0 Å². The third-order valence-electron chi connectivity index (χ3n) is 2.19. The molecule has 0 aliphatic carbocycles. The first kappa shape index (κ1) is 15.2. The number of nitrogens with one attached hydrogen (secondary N) is 1. The van der Waals surface area contributed by atoms with E-state index in [4.69, 9.17) is 25.8 Å². The van der Waals surface area contributed by atoms with Crippen molar-refractivity contribution in [3.05, 3.63) is 22.8 Å². The van der Waals surface area contributed by atoms with Crippen LogP contribution in [0.2, 0.25) is 5.02 Å². The number of rotatable bonds is 9. The van der Waals surface area contributed by atoms with Crippen LogP contribution in [-0.2, 0) is 16.0 Å². The van der Waals surface area contributed by atoms with Crippen molar-refractivity contribution >= 4 is 11.6 Å². The van der Waals surface area contributed by atoms with Crippen molar-refractivity contribution in [1.82, 2.24) is 10.3 Å². The highest BCUT2D eigenvalue weighted by Crippen LogP contribution is 2.18. The van der Waals surface area contributed by atoms with Gasteiger partial charge in [0, 0.05) is 25.9 Å². The van der Waals surface area contributed by atoms with Crippen LogP contribution < -0.4 is 10.1 Å².